The summed E-state index contributed by atoms with van der Waals surface area (Å²) < 4.78 is 5.42. The minimum Gasteiger partial charge on any atom is -0.394 e. The Morgan fingerprint density at radius 1 is 0.857 bits per heavy atom. The molecule has 2 aromatic carbocycles. The molecule has 0 radical (unpaired) electrons. The lowest BCUT2D eigenvalue weighted by molar-refractivity contribution is 0.0927. The molecule has 0 bridgehead atoms. The molecule has 0 aromatic heterocycles. The summed E-state index contributed by atoms with van der Waals surface area (Å²) in [5, 5.41) is 11.7. The van der Waals surface area contributed by atoms with Crippen molar-refractivity contribution >= 4 is 18.4 Å². The molecular formula is C18H24O2Si. The van der Waals surface area contributed by atoms with Gasteiger partial charge in [0.1, 0.15) is 8.07 Å². The van der Waals surface area contributed by atoms with E-state index in [4.69, 9.17) is 9.84 Å². The van der Waals surface area contributed by atoms with Gasteiger partial charge in [-0.2, -0.15) is 0 Å². The van der Waals surface area contributed by atoms with Crippen molar-refractivity contribution in [3.05, 3.63) is 60.7 Å². The average Bonchev–Trinajstić information content (AvgIpc) is 2.56. The lowest BCUT2D eigenvalue weighted by Crippen LogP contribution is -2.55. The fraction of sp³-hybridized carbons (Fsp3) is 0.333. The maximum absolute atomic E-state index is 8.77. The van der Waals surface area contributed by atoms with Crippen LogP contribution in [0.3, 0.4) is 0 Å². The van der Waals surface area contributed by atoms with Gasteiger partial charge < -0.3 is 9.84 Å². The first-order valence-electron chi connectivity index (χ1n) is 7.57. The summed E-state index contributed by atoms with van der Waals surface area (Å²) in [6, 6.07) is 22.9. The minimum atomic E-state index is -1.70. The van der Waals surface area contributed by atoms with Gasteiger partial charge in [0.05, 0.1) is 13.2 Å². The van der Waals surface area contributed by atoms with Gasteiger partial charge in [-0.3, -0.25) is 0 Å². The van der Waals surface area contributed by atoms with E-state index in [-0.39, 0.29) is 6.61 Å². The van der Waals surface area contributed by atoms with Gasteiger partial charge in [-0.15, -0.1) is 0 Å². The van der Waals surface area contributed by atoms with E-state index in [1.165, 1.54) is 10.4 Å². The van der Waals surface area contributed by atoms with Crippen LogP contribution in [0.25, 0.3) is 0 Å². The fourth-order valence-corrected chi connectivity index (χ4v) is 6.38. The van der Waals surface area contributed by atoms with Gasteiger partial charge in [-0.05, 0) is 12.5 Å². The van der Waals surface area contributed by atoms with E-state index in [1.54, 1.807) is 0 Å². The van der Waals surface area contributed by atoms with E-state index in [0.717, 1.165) is 19.1 Å². The highest BCUT2D eigenvalue weighted by Crippen LogP contribution is 2.14. The molecule has 0 aliphatic carbocycles. The van der Waals surface area contributed by atoms with E-state index < -0.39 is 8.07 Å². The number of benzene rings is 2. The second-order valence-corrected chi connectivity index (χ2v) is 9.82. The van der Waals surface area contributed by atoms with Crippen molar-refractivity contribution in [1.82, 2.24) is 0 Å². The third kappa shape index (κ3) is 4.27. The number of ether oxygens (including phenoxy) is 1. The molecule has 0 saturated carbocycles. The molecule has 0 aliphatic rings. The summed E-state index contributed by atoms with van der Waals surface area (Å²) in [5.41, 5.74) is 0. The summed E-state index contributed by atoms with van der Waals surface area (Å²) >= 11 is 0. The predicted octanol–water partition coefficient (Wildman–Crippen LogP) is 2.28. The minimum absolute atomic E-state index is 0.103. The van der Waals surface area contributed by atoms with Crippen LogP contribution in [-0.4, -0.2) is 33.0 Å². The average molecular weight is 300 g/mol. The van der Waals surface area contributed by atoms with E-state index >= 15 is 0 Å². The summed E-state index contributed by atoms with van der Waals surface area (Å²) in [6.45, 7) is 3.70. The third-order valence-electron chi connectivity index (χ3n) is 4.02. The van der Waals surface area contributed by atoms with E-state index in [0.29, 0.717) is 6.61 Å². The molecule has 2 nitrogen and oxygen atoms in total. The molecule has 2 aromatic rings. The van der Waals surface area contributed by atoms with Crippen molar-refractivity contribution in [2.24, 2.45) is 0 Å². The van der Waals surface area contributed by atoms with Crippen molar-refractivity contribution < 1.29 is 9.84 Å². The van der Waals surface area contributed by atoms with Crippen LogP contribution in [0, 0.1) is 0 Å². The van der Waals surface area contributed by atoms with E-state index in [9.17, 15) is 0 Å². The van der Waals surface area contributed by atoms with Gasteiger partial charge in [-0.25, -0.2) is 0 Å². The summed E-state index contributed by atoms with van der Waals surface area (Å²) in [6.07, 6.45) is 1.03. The van der Waals surface area contributed by atoms with Crippen molar-refractivity contribution in [3.8, 4) is 0 Å². The maximum Gasteiger partial charge on any atom is 0.115 e. The van der Waals surface area contributed by atoms with Crippen LogP contribution in [-0.2, 0) is 4.74 Å². The molecule has 0 fully saturated rings. The Kier molecular flexibility index (Phi) is 6.17. The Bertz CT molecular complexity index is 474. The first kappa shape index (κ1) is 16.0. The number of hydrogen-bond acceptors (Lipinski definition) is 2. The molecule has 0 aliphatic heterocycles. The Balaban J connectivity index is 2.15. The predicted molar refractivity (Wildman–Crippen MR) is 91.1 cm³/mol. The highest BCUT2D eigenvalue weighted by atomic mass is 28.3. The van der Waals surface area contributed by atoms with Gasteiger partial charge in [0.25, 0.3) is 0 Å². The molecule has 3 heteroatoms. The van der Waals surface area contributed by atoms with Gasteiger partial charge in [0, 0.05) is 6.61 Å². The van der Waals surface area contributed by atoms with Crippen LogP contribution in [0.1, 0.15) is 6.42 Å². The number of aliphatic hydroxyl groups excluding tert-OH is 1. The van der Waals surface area contributed by atoms with Crippen LogP contribution in [0.4, 0.5) is 0 Å². The van der Waals surface area contributed by atoms with Crippen LogP contribution < -0.4 is 10.4 Å². The van der Waals surface area contributed by atoms with Gasteiger partial charge in [0.15, 0.2) is 0 Å². The highest BCUT2D eigenvalue weighted by Gasteiger charge is 2.30. The molecule has 2 rings (SSSR count). The Labute approximate surface area is 128 Å². The molecule has 0 saturated heterocycles. The SMILES string of the molecule is C[Si](CCCOCCO)(c1ccccc1)c1ccccc1. The first-order chi connectivity index (χ1) is 10.3. The van der Waals surface area contributed by atoms with E-state index in [2.05, 4.69) is 67.2 Å². The first-order valence-corrected chi connectivity index (χ1v) is 10.3. The van der Waals surface area contributed by atoms with Crippen molar-refractivity contribution in [3.63, 3.8) is 0 Å². The lowest BCUT2D eigenvalue weighted by atomic mass is 10.4. The van der Waals surface area contributed by atoms with Gasteiger partial charge in [0.2, 0.25) is 0 Å². The van der Waals surface area contributed by atoms with Crippen LogP contribution >= 0.6 is 0 Å². The Morgan fingerprint density at radius 3 is 1.86 bits per heavy atom. The Morgan fingerprint density at radius 2 is 1.38 bits per heavy atom. The molecule has 0 amide bonds. The molecule has 112 valence electrons. The normalized spacial score (nSPS) is 11.5. The smallest absolute Gasteiger partial charge is 0.115 e. The van der Waals surface area contributed by atoms with Crippen molar-refractivity contribution in [2.45, 2.75) is 19.0 Å². The third-order valence-corrected chi connectivity index (χ3v) is 8.59. The zero-order chi connectivity index (χ0) is 15.0. The monoisotopic (exact) mass is 300 g/mol. The lowest BCUT2D eigenvalue weighted by Gasteiger charge is -2.28. The summed E-state index contributed by atoms with van der Waals surface area (Å²) in [5.74, 6) is 0. The topological polar surface area (TPSA) is 29.5 Å². The highest BCUT2D eigenvalue weighted by molar-refractivity contribution is 7.01. The second-order valence-electron chi connectivity index (χ2n) is 5.50. The number of rotatable bonds is 8. The van der Waals surface area contributed by atoms with Crippen LogP contribution in [0.2, 0.25) is 12.6 Å². The van der Waals surface area contributed by atoms with Crippen LogP contribution in [0.15, 0.2) is 60.7 Å². The van der Waals surface area contributed by atoms with Crippen molar-refractivity contribution in [2.75, 3.05) is 19.8 Å². The molecule has 21 heavy (non-hydrogen) atoms. The maximum atomic E-state index is 8.77. The fourth-order valence-electron chi connectivity index (χ4n) is 2.76. The molecule has 0 spiro atoms. The number of aliphatic hydroxyl groups is 1. The quantitative estimate of drug-likeness (QED) is 0.599. The molecule has 0 atom stereocenters. The van der Waals surface area contributed by atoms with Gasteiger partial charge in [-0.1, -0.05) is 77.6 Å². The van der Waals surface area contributed by atoms with Crippen molar-refractivity contribution in [1.29, 1.82) is 0 Å². The Hall–Kier alpha value is -1.42. The summed E-state index contributed by atoms with van der Waals surface area (Å²) in [7, 11) is -1.70. The standard InChI is InChI=1S/C18H24O2Si/c1-21(16-8-14-20-15-13-19,17-9-4-2-5-10-17)18-11-6-3-7-12-18/h2-7,9-12,19H,8,13-16H2,1H3. The molecule has 0 heterocycles. The zero-order valence-corrected chi connectivity index (χ0v) is 13.7. The second kappa shape index (κ2) is 8.13. The molecule has 1 N–H and O–H groups in total. The van der Waals surface area contributed by atoms with E-state index in [1.807, 2.05) is 0 Å². The zero-order valence-electron chi connectivity index (χ0n) is 12.7. The van der Waals surface area contributed by atoms with Crippen LogP contribution in [0.5, 0.6) is 0 Å². The largest absolute Gasteiger partial charge is 0.394 e. The number of hydrogen-bond donors (Lipinski definition) is 1. The summed E-state index contributed by atoms with van der Waals surface area (Å²) in [4.78, 5) is 0. The molecular weight excluding hydrogens is 276 g/mol. The molecule has 0 unspecified atom stereocenters. The van der Waals surface area contributed by atoms with Gasteiger partial charge >= 0.3 is 0 Å².